The van der Waals surface area contributed by atoms with Gasteiger partial charge in [0.15, 0.2) is 5.03 Å². The average molecular weight is 300 g/mol. The summed E-state index contributed by atoms with van der Waals surface area (Å²) in [5, 5.41) is 8.37. The first-order valence-corrected chi connectivity index (χ1v) is 6.88. The third-order valence-corrected chi connectivity index (χ3v) is 4.13. The molecule has 0 aliphatic carbocycles. The Hall–Kier alpha value is -1.13. The second-order valence-corrected chi connectivity index (χ2v) is 5.86. The molecule has 0 saturated heterocycles. The Labute approximate surface area is 109 Å². The summed E-state index contributed by atoms with van der Waals surface area (Å²) in [7, 11) is -3.36. The zero-order chi connectivity index (χ0) is 14.7. The molecule has 0 unspecified atom stereocenters. The molecule has 6 nitrogen and oxygen atoms in total. The summed E-state index contributed by atoms with van der Waals surface area (Å²) in [6, 6.07) is 0. The smallest absolute Gasteiger partial charge is 0.313 e. The summed E-state index contributed by atoms with van der Waals surface area (Å²) >= 11 is 0. The Morgan fingerprint density at radius 3 is 2.63 bits per heavy atom. The van der Waals surface area contributed by atoms with Crippen LogP contribution in [0.3, 0.4) is 0 Å². The Kier molecular flexibility index (Phi) is 4.93. The number of hydrogen-bond donors (Lipinski definition) is 2. The van der Waals surface area contributed by atoms with E-state index >= 15 is 0 Å². The molecule has 0 spiro atoms. The number of nitrogens with zero attached hydrogens (tertiary/aromatic N) is 2. The summed E-state index contributed by atoms with van der Waals surface area (Å²) < 4.78 is 60.9. The van der Waals surface area contributed by atoms with Gasteiger partial charge in [0.1, 0.15) is 6.54 Å². The van der Waals surface area contributed by atoms with Gasteiger partial charge in [-0.2, -0.15) is 22.6 Å². The third kappa shape index (κ3) is 4.18. The predicted molar refractivity (Wildman–Crippen MR) is 61.8 cm³/mol. The van der Waals surface area contributed by atoms with Crippen LogP contribution in [0.1, 0.15) is 12.5 Å². The maximum atomic E-state index is 12.2. The van der Waals surface area contributed by atoms with Gasteiger partial charge in [0, 0.05) is 19.2 Å². The highest BCUT2D eigenvalue weighted by atomic mass is 32.2. The quantitative estimate of drug-likeness (QED) is 0.811. The van der Waals surface area contributed by atoms with Crippen molar-refractivity contribution in [3.05, 3.63) is 11.8 Å². The van der Waals surface area contributed by atoms with Crippen LogP contribution in [0.5, 0.6) is 0 Å². The summed E-state index contributed by atoms with van der Waals surface area (Å²) in [5.41, 5.74) is 0.302. The molecule has 2 N–H and O–H groups in total. The number of nitrogens with one attached hydrogen (secondary N) is 2. The van der Waals surface area contributed by atoms with E-state index in [4.69, 9.17) is 0 Å². The van der Waals surface area contributed by atoms with E-state index in [-0.39, 0.29) is 15.9 Å². The lowest BCUT2D eigenvalue weighted by Crippen LogP contribution is -2.36. The zero-order valence-corrected chi connectivity index (χ0v) is 11.3. The lowest BCUT2D eigenvalue weighted by Gasteiger charge is -2.18. The maximum absolute atomic E-state index is 12.2. The predicted octanol–water partition coefficient (Wildman–Crippen LogP) is 0.702. The van der Waals surface area contributed by atoms with Gasteiger partial charge in [0.25, 0.3) is 10.0 Å². The Morgan fingerprint density at radius 1 is 1.47 bits per heavy atom. The number of rotatable bonds is 6. The molecule has 10 heteroatoms. The lowest BCUT2D eigenvalue weighted by molar-refractivity contribution is -0.134. The Bertz CT molecular complexity index is 512. The summed E-state index contributed by atoms with van der Waals surface area (Å²) in [5.74, 6) is 0. The van der Waals surface area contributed by atoms with Crippen molar-refractivity contribution in [2.24, 2.45) is 0 Å². The van der Waals surface area contributed by atoms with Crippen LogP contribution in [0.2, 0.25) is 0 Å². The largest absolute Gasteiger partial charge is 0.402 e. The number of H-pyrrole nitrogens is 1. The van der Waals surface area contributed by atoms with Crippen molar-refractivity contribution in [1.29, 1.82) is 0 Å². The normalized spacial score (nSPS) is 13.2. The first kappa shape index (κ1) is 15.9. The van der Waals surface area contributed by atoms with Crippen molar-refractivity contribution < 1.29 is 21.6 Å². The summed E-state index contributed by atoms with van der Waals surface area (Å²) in [6.07, 6.45) is -3.32. The van der Waals surface area contributed by atoms with E-state index in [1.54, 1.807) is 0 Å². The molecule has 0 aliphatic rings. The topological polar surface area (TPSA) is 78.1 Å². The molecule has 0 fully saturated rings. The van der Waals surface area contributed by atoms with Crippen LogP contribution >= 0.6 is 0 Å². The van der Waals surface area contributed by atoms with Crippen LogP contribution in [0, 0.1) is 0 Å². The SMILES string of the molecule is CCNCc1cn[nH]c1S(=O)(=O)N(C)CC(F)(F)F. The maximum Gasteiger partial charge on any atom is 0.402 e. The third-order valence-electron chi connectivity index (χ3n) is 2.31. The van der Waals surface area contributed by atoms with E-state index in [2.05, 4.69) is 15.5 Å². The van der Waals surface area contributed by atoms with Gasteiger partial charge in [0.05, 0.1) is 6.20 Å². The van der Waals surface area contributed by atoms with Gasteiger partial charge in [-0.3, -0.25) is 5.10 Å². The lowest BCUT2D eigenvalue weighted by atomic mass is 10.3. The summed E-state index contributed by atoms with van der Waals surface area (Å²) in [4.78, 5) is 0. The fourth-order valence-electron chi connectivity index (χ4n) is 1.40. The molecule has 0 bridgehead atoms. The zero-order valence-electron chi connectivity index (χ0n) is 10.5. The molecule has 0 amide bonds. The molecule has 1 aromatic heterocycles. The Balaban J connectivity index is 2.97. The van der Waals surface area contributed by atoms with E-state index in [1.807, 2.05) is 6.92 Å². The Morgan fingerprint density at radius 2 is 2.11 bits per heavy atom. The van der Waals surface area contributed by atoms with Gasteiger partial charge >= 0.3 is 6.18 Å². The molecule has 0 atom stereocenters. The highest BCUT2D eigenvalue weighted by Gasteiger charge is 2.36. The second kappa shape index (κ2) is 5.88. The molecule has 19 heavy (non-hydrogen) atoms. The number of aromatic amines is 1. The van der Waals surface area contributed by atoms with Crippen LogP contribution < -0.4 is 5.32 Å². The molecule has 0 saturated carbocycles. The number of sulfonamides is 1. The van der Waals surface area contributed by atoms with Crippen molar-refractivity contribution in [3.63, 3.8) is 0 Å². The molecular weight excluding hydrogens is 285 g/mol. The van der Waals surface area contributed by atoms with Crippen molar-refractivity contribution in [2.45, 2.75) is 24.7 Å². The molecule has 1 rings (SSSR count). The van der Waals surface area contributed by atoms with Crippen LogP contribution in [0.4, 0.5) is 13.2 Å². The fraction of sp³-hybridized carbons (Fsp3) is 0.667. The minimum Gasteiger partial charge on any atom is -0.313 e. The second-order valence-electron chi connectivity index (χ2n) is 3.88. The van der Waals surface area contributed by atoms with Crippen molar-refractivity contribution in [3.8, 4) is 0 Å². The van der Waals surface area contributed by atoms with Crippen molar-refractivity contribution in [2.75, 3.05) is 20.1 Å². The number of alkyl halides is 3. The summed E-state index contributed by atoms with van der Waals surface area (Å²) in [6.45, 7) is 1.09. The monoisotopic (exact) mass is 300 g/mol. The number of halogens is 3. The number of aromatic nitrogens is 2. The number of hydrogen-bond acceptors (Lipinski definition) is 4. The van der Waals surface area contributed by atoms with E-state index in [9.17, 15) is 21.6 Å². The standard InChI is InChI=1S/C9H15F3N4O2S/c1-3-13-4-7-5-14-15-8(7)19(17,18)16(2)6-9(10,11)12/h5,13H,3-4,6H2,1-2H3,(H,14,15). The van der Waals surface area contributed by atoms with Crippen LogP contribution in [-0.2, 0) is 16.6 Å². The molecular formula is C9H15F3N4O2S. The van der Waals surface area contributed by atoms with Crippen LogP contribution in [0.15, 0.2) is 11.2 Å². The van der Waals surface area contributed by atoms with E-state index in [0.29, 0.717) is 12.1 Å². The van der Waals surface area contributed by atoms with Gasteiger partial charge in [0.2, 0.25) is 0 Å². The average Bonchev–Trinajstić information content (AvgIpc) is 2.72. The molecule has 0 radical (unpaired) electrons. The van der Waals surface area contributed by atoms with Crippen molar-refractivity contribution in [1.82, 2.24) is 19.8 Å². The molecule has 1 heterocycles. The molecule has 110 valence electrons. The van der Waals surface area contributed by atoms with Crippen molar-refractivity contribution >= 4 is 10.0 Å². The van der Waals surface area contributed by atoms with Gasteiger partial charge in [-0.15, -0.1) is 0 Å². The minimum atomic E-state index is -4.59. The van der Waals surface area contributed by atoms with Gasteiger partial charge in [-0.1, -0.05) is 6.92 Å². The highest BCUT2D eigenvalue weighted by molar-refractivity contribution is 7.89. The highest BCUT2D eigenvalue weighted by Crippen LogP contribution is 2.22. The first-order chi connectivity index (χ1) is 8.68. The molecule has 0 aliphatic heterocycles. The van der Waals surface area contributed by atoms with Gasteiger partial charge < -0.3 is 5.32 Å². The molecule has 0 aromatic carbocycles. The first-order valence-electron chi connectivity index (χ1n) is 5.44. The van der Waals surface area contributed by atoms with Gasteiger partial charge in [-0.05, 0) is 6.54 Å². The van der Waals surface area contributed by atoms with E-state index in [0.717, 1.165) is 7.05 Å². The van der Waals surface area contributed by atoms with Gasteiger partial charge in [-0.25, -0.2) is 8.42 Å². The van der Waals surface area contributed by atoms with E-state index in [1.165, 1.54) is 6.20 Å². The van der Waals surface area contributed by atoms with Crippen LogP contribution in [-0.4, -0.2) is 49.2 Å². The minimum absolute atomic E-state index is 0.210. The molecule has 1 aromatic rings. The fourth-order valence-corrected chi connectivity index (χ4v) is 2.65. The van der Waals surface area contributed by atoms with E-state index < -0.39 is 22.7 Å². The van der Waals surface area contributed by atoms with Crippen LogP contribution in [0.25, 0.3) is 0 Å².